The number of rotatable bonds is 8. The average Bonchev–Trinajstić information content (AvgIpc) is 2.99. The molecule has 0 fully saturated rings. The standard InChI is InChI=1S/C20H20N2O7/c1-4-28-20(25)18-12(2)19(21-13(18)3)16(23)11-29-17(24)9-8-14-6-5-7-15(10-14)22(26)27/h5-10,21H,4,11H2,1-3H3/b9-8+. The van der Waals surface area contributed by atoms with E-state index in [1.807, 2.05) is 0 Å². The van der Waals surface area contributed by atoms with Crippen molar-refractivity contribution in [2.45, 2.75) is 20.8 Å². The Kier molecular flexibility index (Phi) is 7.02. The molecule has 1 heterocycles. The molecule has 0 spiro atoms. The molecular formula is C20H20N2O7. The van der Waals surface area contributed by atoms with Crippen LogP contribution in [0, 0.1) is 24.0 Å². The zero-order valence-corrected chi connectivity index (χ0v) is 16.2. The van der Waals surface area contributed by atoms with E-state index >= 15 is 0 Å². The second-order valence-electron chi connectivity index (χ2n) is 6.06. The van der Waals surface area contributed by atoms with E-state index in [4.69, 9.17) is 9.47 Å². The van der Waals surface area contributed by atoms with Gasteiger partial charge in [-0.2, -0.15) is 0 Å². The van der Waals surface area contributed by atoms with Gasteiger partial charge in [0.05, 0.1) is 22.8 Å². The van der Waals surface area contributed by atoms with Crippen LogP contribution in [0.5, 0.6) is 0 Å². The highest BCUT2D eigenvalue weighted by Gasteiger charge is 2.23. The quantitative estimate of drug-likeness (QED) is 0.237. The molecule has 0 aliphatic heterocycles. The van der Waals surface area contributed by atoms with Crippen molar-refractivity contribution in [2.24, 2.45) is 0 Å². The number of aromatic amines is 1. The monoisotopic (exact) mass is 400 g/mol. The number of nitrogens with zero attached hydrogens (tertiary/aromatic N) is 1. The van der Waals surface area contributed by atoms with Crippen molar-refractivity contribution in [1.29, 1.82) is 0 Å². The third kappa shape index (κ3) is 5.38. The Bertz CT molecular complexity index is 989. The number of hydrogen-bond donors (Lipinski definition) is 1. The largest absolute Gasteiger partial charge is 0.462 e. The molecule has 0 aliphatic rings. The second kappa shape index (κ2) is 9.45. The molecule has 1 aromatic heterocycles. The molecule has 1 N–H and O–H groups in total. The van der Waals surface area contributed by atoms with Crippen molar-refractivity contribution in [1.82, 2.24) is 4.98 Å². The van der Waals surface area contributed by atoms with Gasteiger partial charge >= 0.3 is 11.9 Å². The van der Waals surface area contributed by atoms with Crippen LogP contribution >= 0.6 is 0 Å². The molecule has 9 heteroatoms. The van der Waals surface area contributed by atoms with Crippen LogP contribution in [0.25, 0.3) is 6.08 Å². The molecule has 0 radical (unpaired) electrons. The van der Waals surface area contributed by atoms with Gasteiger partial charge in [-0.25, -0.2) is 9.59 Å². The number of esters is 2. The molecule has 2 rings (SSSR count). The summed E-state index contributed by atoms with van der Waals surface area (Å²) in [6.45, 7) is 4.61. The lowest BCUT2D eigenvalue weighted by atomic mass is 10.1. The van der Waals surface area contributed by atoms with E-state index in [1.54, 1.807) is 26.8 Å². The van der Waals surface area contributed by atoms with E-state index < -0.39 is 29.3 Å². The van der Waals surface area contributed by atoms with Gasteiger partial charge in [0.1, 0.15) is 0 Å². The number of H-pyrrole nitrogens is 1. The number of aromatic nitrogens is 1. The van der Waals surface area contributed by atoms with E-state index in [-0.39, 0.29) is 23.6 Å². The van der Waals surface area contributed by atoms with E-state index in [9.17, 15) is 24.5 Å². The number of aryl methyl sites for hydroxylation is 1. The number of benzene rings is 1. The molecule has 152 valence electrons. The molecule has 9 nitrogen and oxygen atoms in total. The van der Waals surface area contributed by atoms with E-state index in [1.165, 1.54) is 24.3 Å². The maximum absolute atomic E-state index is 12.4. The number of nitro groups is 1. The van der Waals surface area contributed by atoms with Gasteiger partial charge in [0, 0.05) is 23.9 Å². The number of carbonyl (C=O) groups is 3. The number of nitro benzene ring substituents is 1. The van der Waals surface area contributed by atoms with Crippen molar-refractivity contribution in [3.05, 3.63) is 68.5 Å². The van der Waals surface area contributed by atoms with Gasteiger partial charge in [0.2, 0.25) is 5.78 Å². The summed E-state index contributed by atoms with van der Waals surface area (Å²) in [7, 11) is 0. The molecule has 1 aromatic carbocycles. The lowest BCUT2D eigenvalue weighted by Gasteiger charge is -2.03. The third-order valence-electron chi connectivity index (χ3n) is 4.03. The number of Topliss-reactive ketones (excluding diaryl/α,β-unsaturated/α-hetero) is 1. The summed E-state index contributed by atoms with van der Waals surface area (Å²) in [5.41, 5.74) is 1.70. The molecule has 0 unspecified atom stereocenters. The fourth-order valence-corrected chi connectivity index (χ4v) is 2.70. The molecule has 0 saturated heterocycles. The van der Waals surface area contributed by atoms with Gasteiger partial charge in [-0.05, 0) is 38.0 Å². The minimum atomic E-state index is -0.781. The van der Waals surface area contributed by atoms with Crippen LogP contribution in [-0.4, -0.2) is 40.8 Å². The van der Waals surface area contributed by atoms with Crippen LogP contribution in [-0.2, 0) is 14.3 Å². The van der Waals surface area contributed by atoms with Gasteiger partial charge < -0.3 is 14.5 Å². The average molecular weight is 400 g/mol. The first kappa shape index (κ1) is 21.5. The van der Waals surface area contributed by atoms with Crippen molar-refractivity contribution in [3.8, 4) is 0 Å². The predicted octanol–water partition coefficient (Wildman–Crippen LogP) is 3.16. The normalized spacial score (nSPS) is 10.7. The lowest BCUT2D eigenvalue weighted by Crippen LogP contribution is -2.14. The number of ether oxygens (including phenoxy) is 2. The summed E-state index contributed by atoms with van der Waals surface area (Å²) in [6, 6.07) is 5.71. The van der Waals surface area contributed by atoms with E-state index in [2.05, 4.69) is 4.98 Å². The van der Waals surface area contributed by atoms with Gasteiger partial charge in [0.15, 0.2) is 6.61 Å². The Balaban J connectivity index is 2.01. The zero-order chi connectivity index (χ0) is 21.6. The number of carbonyl (C=O) groups excluding carboxylic acids is 3. The Labute approximate surface area is 166 Å². The Morgan fingerprint density at radius 1 is 1.21 bits per heavy atom. The fourth-order valence-electron chi connectivity index (χ4n) is 2.70. The summed E-state index contributed by atoms with van der Waals surface area (Å²) in [5, 5.41) is 10.8. The van der Waals surface area contributed by atoms with Gasteiger partial charge in [-0.1, -0.05) is 12.1 Å². The van der Waals surface area contributed by atoms with Gasteiger partial charge in [-0.15, -0.1) is 0 Å². The van der Waals surface area contributed by atoms with Gasteiger partial charge in [0.25, 0.3) is 5.69 Å². The lowest BCUT2D eigenvalue weighted by molar-refractivity contribution is -0.384. The van der Waals surface area contributed by atoms with Crippen molar-refractivity contribution in [2.75, 3.05) is 13.2 Å². The zero-order valence-electron chi connectivity index (χ0n) is 16.2. The molecule has 0 saturated carbocycles. The highest BCUT2D eigenvalue weighted by Crippen LogP contribution is 2.20. The Morgan fingerprint density at radius 2 is 1.93 bits per heavy atom. The molecule has 29 heavy (non-hydrogen) atoms. The van der Waals surface area contributed by atoms with Crippen LogP contribution in [0.1, 0.15) is 44.6 Å². The van der Waals surface area contributed by atoms with Crippen LogP contribution in [0.3, 0.4) is 0 Å². The molecule has 0 atom stereocenters. The number of nitrogens with one attached hydrogen (secondary N) is 1. The van der Waals surface area contributed by atoms with Crippen LogP contribution in [0.4, 0.5) is 5.69 Å². The number of non-ortho nitro benzene ring substituents is 1. The van der Waals surface area contributed by atoms with Crippen molar-refractivity contribution in [3.63, 3.8) is 0 Å². The topological polar surface area (TPSA) is 129 Å². The maximum Gasteiger partial charge on any atom is 0.340 e. The van der Waals surface area contributed by atoms with Gasteiger partial charge in [-0.3, -0.25) is 14.9 Å². The minimum absolute atomic E-state index is 0.106. The van der Waals surface area contributed by atoms with Crippen LogP contribution in [0.15, 0.2) is 30.3 Å². The van der Waals surface area contributed by atoms with Crippen molar-refractivity contribution < 1.29 is 28.8 Å². The maximum atomic E-state index is 12.4. The first-order valence-corrected chi connectivity index (χ1v) is 8.73. The number of ketones is 1. The summed E-state index contributed by atoms with van der Waals surface area (Å²) < 4.78 is 9.90. The highest BCUT2D eigenvalue weighted by atomic mass is 16.6. The Hall–Kier alpha value is -3.75. The fraction of sp³-hybridized carbons (Fsp3) is 0.250. The summed E-state index contributed by atoms with van der Waals surface area (Å²) in [5.74, 6) is -1.82. The first-order valence-electron chi connectivity index (χ1n) is 8.73. The summed E-state index contributed by atoms with van der Waals surface area (Å²) in [4.78, 5) is 49.2. The number of hydrogen-bond acceptors (Lipinski definition) is 7. The van der Waals surface area contributed by atoms with Crippen molar-refractivity contribution >= 4 is 29.5 Å². The van der Waals surface area contributed by atoms with E-state index in [0.29, 0.717) is 16.8 Å². The van der Waals surface area contributed by atoms with E-state index in [0.717, 1.165) is 6.08 Å². The van der Waals surface area contributed by atoms with Crippen LogP contribution < -0.4 is 0 Å². The Morgan fingerprint density at radius 3 is 2.59 bits per heavy atom. The first-order chi connectivity index (χ1) is 13.7. The molecule has 0 amide bonds. The SMILES string of the molecule is CCOC(=O)c1c(C)[nH]c(C(=O)COC(=O)/C=C/c2cccc([N+](=O)[O-])c2)c1C. The smallest absolute Gasteiger partial charge is 0.340 e. The molecule has 0 bridgehead atoms. The highest BCUT2D eigenvalue weighted by molar-refractivity contribution is 6.03. The summed E-state index contributed by atoms with van der Waals surface area (Å²) >= 11 is 0. The third-order valence-corrected chi connectivity index (χ3v) is 4.03. The predicted molar refractivity (Wildman–Crippen MR) is 104 cm³/mol. The van der Waals surface area contributed by atoms with Crippen LogP contribution in [0.2, 0.25) is 0 Å². The molecule has 2 aromatic rings. The second-order valence-corrected chi connectivity index (χ2v) is 6.06. The minimum Gasteiger partial charge on any atom is -0.462 e. The molecule has 0 aliphatic carbocycles. The summed E-state index contributed by atoms with van der Waals surface area (Å²) in [6.07, 6.45) is 2.42. The molecular weight excluding hydrogens is 380 g/mol.